The fraction of sp³-hybridized carbons (Fsp3) is 0.357. The zero-order valence-corrected chi connectivity index (χ0v) is 13.6. The van der Waals surface area contributed by atoms with Crippen molar-refractivity contribution in [2.45, 2.75) is 19.4 Å². The summed E-state index contributed by atoms with van der Waals surface area (Å²) in [6, 6.07) is 7.11. The van der Waals surface area contributed by atoms with Gasteiger partial charge in [0.05, 0.1) is 6.61 Å². The number of nitrogens with one attached hydrogen (secondary N) is 1. The predicted molar refractivity (Wildman–Crippen MR) is 85.4 cm³/mol. The molecule has 0 aliphatic rings. The van der Waals surface area contributed by atoms with Gasteiger partial charge in [-0.05, 0) is 30.7 Å². The predicted octanol–water partition coefficient (Wildman–Crippen LogP) is 3.14. The zero-order chi connectivity index (χ0) is 15.8. The molecule has 1 amide bonds. The highest BCUT2D eigenvalue weighted by Gasteiger charge is 2.08. The quantitative estimate of drug-likeness (QED) is 0.747. The van der Waals surface area contributed by atoms with Crippen LogP contribution in [0.15, 0.2) is 24.3 Å². The number of hydrogen-bond acceptors (Lipinski definition) is 6. The highest BCUT2D eigenvalue weighted by molar-refractivity contribution is 7.15. The molecule has 0 aliphatic heterocycles. The zero-order valence-electron chi connectivity index (χ0n) is 12.0. The van der Waals surface area contributed by atoms with Crippen molar-refractivity contribution in [2.24, 2.45) is 0 Å². The molecule has 0 aliphatic carbocycles. The molecule has 2 aromatic rings. The largest absolute Gasteiger partial charge is 0.494 e. The topological polar surface area (TPSA) is 73.3 Å². The molecular weight excluding hydrogens is 326 g/mol. The third-order valence-electron chi connectivity index (χ3n) is 2.61. The van der Waals surface area contributed by atoms with Crippen molar-refractivity contribution < 1.29 is 14.3 Å². The maximum atomic E-state index is 11.8. The molecule has 1 aromatic carbocycles. The molecule has 1 heterocycles. The Bertz CT molecular complexity index is 604. The van der Waals surface area contributed by atoms with Crippen LogP contribution >= 0.6 is 22.9 Å². The highest BCUT2D eigenvalue weighted by Crippen LogP contribution is 2.17. The Kier molecular flexibility index (Phi) is 6.57. The van der Waals surface area contributed by atoms with Gasteiger partial charge in [-0.15, -0.1) is 10.2 Å². The van der Waals surface area contributed by atoms with E-state index in [1.54, 1.807) is 31.4 Å². The van der Waals surface area contributed by atoms with Gasteiger partial charge in [0.25, 0.3) is 0 Å². The lowest BCUT2D eigenvalue weighted by Gasteiger charge is -2.05. The fourth-order valence-electron chi connectivity index (χ4n) is 1.62. The molecule has 0 fully saturated rings. The third-order valence-corrected chi connectivity index (χ3v) is 3.68. The molecule has 8 heteroatoms. The second-order valence-electron chi connectivity index (χ2n) is 4.39. The molecule has 1 N–H and O–H groups in total. The van der Waals surface area contributed by atoms with E-state index in [0.29, 0.717) is 36.2 Å². The van der Waals surface area contributed by atoms with Crippen molar-refractivity contribution in [1.82, 2.24) is 10.2 Å². The number of benzene rings is 1. The Hall–Kier alpha value is -1.70. The van der Waals surface area contributed by atoms with E-state index in [1.165, 1.54) is 11.3 Å². The summed E-state index contributed by atoms with van der Waals surface area (Å²) in [4.78, 5) is 11.8. The SMILES string of the molecule is COCc1nnc(NC(=O)CCCOc2ccc(Cl)cc2)s1. The van der Waals surface area contributed by atoms with Crippen molar-refractivity contribution in [1.29, 1.82) is 0 Å². The molecule has 6 nitrogen and oxygen atoms in total. The summed E-state index contributed by atoms with van der Waals surface area (Å²) in [5.74, 6) is 0.623. The number of rotatable bonds is 8. The summed E-state index contributed by atoms with van der Waals surface area (Å²) in [6.07, 6.45) is 0.963. The van der Waals surface area contributed by atoms with Crippen molar-refractivity contribution in [3.05, 3.63) is 34.3 Å². The van der Waals surface area contributed by atoms with Crippen LogP contribution in [0.2, 0.25) is 5.02 Å². The second kappa shape index (κ2) is 8.67. The minimum absolute atomic E-state index is 0.111. The number of aromatic nitrogens is 2. The summed E-state index contributed by atoms with van der Waals surface area (Å²) in [6.45, 7) is 0.850. The van der Waals surface area contributed by atoms with Gasteiger partial charge < -0.3 is 14.8 Å². The van der Waals surface area contributed by atoms with Gasteiger partial charge in [0.15, 0.2) is 0 Å². The molecule has 0 saturated heterocycles. The molecule has 0 atom stereocenters. The third kappa shape index (κ3) is 5.59. The van der Waals surface area contributed by atoms with E-state index in [0.717, 1.165) is 10.8 Å². The maximum Gasteiger partial charge on any atom is 0.226 e. The van der Waals surface area contributed by atoms with E-state index >= 15 is 0 Å². The fourth-order valence-corrected chi connectivity index (χ4v) is 2.48. The van der Waals surface area contributed by atoms with Crippen LogP contribution in [0.25, 0.3) is 0 Å². The number of halogens is 1. The Labute approximate surface area is 137 Å². The van der Waals surface area contributed by atoms with Gasteiger partial charge in [-0.1, -0.05) is 22.9 Å². The number of carbonyl (C=O) groups is 1. The molecule has 22 heavy (non-hydrogen) atoms. The van der Waals surface area contributed by atoms with Crippen molar-refractivity contribution >= 4 is 34.0 Å². The maximum absolute atomic E-state index is 11.8. The smallest absolute Gasteiger partial charge is 0.226 e. The molecule has 0 spiro atoms. The summed E-state index contributed by atoms with van der Waals surface area (Å²) in [7, 11) is 1.58. The molecule has 0 radical (unpaired) electrons. The first-order valence-electron chi connectivity index (χ1n) is 6.67. The highest BCUT2D eigenvalue weighted by atomic mass is 35.5. The van der Waals surface area contributed by atoms with Crippen LogP contribution in [0.3, 0.4) is 0 Å². The normalized spacial score (nSPS) is 10.5. The number of methoxy groups -OCH3 is 1. The van der Waals surface area contributed by atoms with Crippen LogP contribution in [-0.4, -0.2) is 29.8 Å². The van der Waals surface area contributed by atoms with Gasteiger partial charge in [0, 0.05) is 18.6 Å². The van der Waals surface area contributed by atoms with Crippen molar-refractivity contribution in [2.75, 3.05) is 19.0 Å². The number of amides is 1. The number of anilines is 1. The van der Waals surface area contributed by atoms with Crippen molar-refractivity contribution in [3.8, 4) is 5.75 Å². The summed E-state index contributed by atoms with van der Waals surface area (Å²) in [5, 5.41) is 12.3. The first-order chi connectivity index (χ1) is 10.7. The first-order valence-corrected chi connectivity index (χ1v) is 7.86. The second-order valence-corrected chi connectivity index (χ2v) is 5.89. The number of nitrogens with zero attached hydrogens (tertiary/aromatic N) is 2. The van der Waals surface area contributed by atoms with Gasteiger partial charge in [-0.25, -0.2) is 0 Å². The molecule has 0 saturated carbocycles. The van der Waals surface area contributed by atoms with Gasteiger partial charge in [-0.2, -0.15) is 0 Å². The lowest BCUT2D eigenvalue weighted by Crippen LogP contribution is -2.12. The summed E-state index contributed by atoms with van der Waals surface area (Å²) < 4.78 is 10.5. The molecule has 118 valence electrons. The monoisotopic (exact) mass is 341 g/mol. The minimum Gasteiger partial charge on any atom is -0.494 e. The Balaban J connectivity index is 1.65. The van der Waals surface area contributed by atoms with Crippen molar-refractivity contribution in [3.63, 3.8) is 0 Å². The standard InChI is InChI=1S/C14H16ClN3O3S/c1-20-9-13-17-18-14(22-13)16-12(19)3-2-8-21-11-6-4-10(15)5-7-11/h4-7H,2-3,8-9H2,1H3,(H,16,18,19). The van der Waals surface area contributed by atoms with E-state index < -0.39 is 0 Å². The van der Waals surface area contributed by atoms with Crippen LogP contribution < -0.4 is 10.1 Å². The number of hydrogen-bond donors (Lipinski definition) is 1. The minimum atomic E-state index is -0.111. The molecule has 0 unspecified atom stereocenters. The lowest BCUT2D eigenvalue weighted by atomic mass is 10.3. The van der Waals surface area contributed by atoms with Crippen LogP contribution in [0, 0.1) is 0 Å². The van der Waals surface area contributed by atoms with Crippen LogP contribution in [0.4, 0.5) is 5.13 Å². The van der Waals surface area contributed by atoms with Gasteiger partial charge in [0.1, 0.15) is 17.4 Å². The molecule has 2 rings (SSSR count). The van der Waals surface area contributed by atoms with Gasteiger partial charge in [0.2, 0.25) is 11.0 Å². The lowest BCUT2D eigenvalue weighted by molar-refractivity contribution is -0.116. The molecule has 0 bridgehead atoms. The molecule has 1 aromatic heterocycles. The Morgan fingerprint density at radius 2 is 2.09 bits per heavy atom. The van der Waals surface area contributed by atoms with Crippen LogP contribution in [-0.2, 0) is 16.1 Å². The van der Waals surface area contributed by atoms with E-state index in [2.05, 4.69) is 15.5 Å². The molecular formula is C14H16ClN3O3S. The Morgan fingerprint density at radius 1 is 1.32 bits per heavy atom. The van der Waals surface area contributed by atoms with E-state index in [4.69, 9.17) is 21.1 Å². The van der Waals surface area contributed by atoms with E-state index in [9.17, 15) is 4.79 Å². The van der Waals surface area contributed by atoms with E-state index in [-0.39, 0.29) is 5.91 Å². The number of carbonyl (C=O) groups excluding carboxylic acids is 1. The summed E-state index contributed by atoms with van der Waals surface area (Å²) in [5.41, 5.74) is 0. The van der Waals surface area contributed by atoms with Crippen LogP contribution in [0.1, 0.15) is 17.8 Å². The summed E-state index contributed by atoms with van der Waals surface area (Å²) >= 11 is 7.09. The number of ether oxygens (including phenoxy) is 2. The van der Waals surface area contributed by atoms with E-state index in [1.807, 2.05) is 0 Å². The van der Waals surface area contributed by atoms with Gasteiger partial charge >= 0.3 is 0 Å². The Morgan fingerprint density at radius 3 is 2.82 bits per heavy atom. The van der Waals surface area contributed by atoms with Crippen LogP contribution in [0.5, 0.6) is 5.75 Å². The van der Waals surface area contributed by atoms with Gasteiger partial charge in [-0.3, -0.25) is 4.79 Å². The average molecular weight is 342 g/mol. The first kappa shape index (κ1) is 16.7. The average Bonchev–Trinajstić information content (AvgIpc) is 2.93.